The van der Waals surface area contributed by atoms with Crippen molar-refractivity contribution in [3.8, 4) is 17.1 Å². The van der Waals surface area contributed by atoms with E-state index in [0.29, 0.717) is 49.0 Å². The molecule has 4 aromatic rings. The zero-order valence-corrected chi connectivity index (χ0v) is 24.6. The molecule has 0 spiro atoms. The fourth-order valence-electron chi connectivity index (χ4n) is 4.78. The Morgan fingerprint density at radius 1 is 1.17 bits per heavy atom. The van der Waals surface area contributed by atoms with Gasteiger partial charge >= 0.3 is 5.97 Å². The molecular weight excluding hydrogens is 558 g/mol. The number of hydrogen-bond donors (Lipinski definition) is 0. The minimum atomic E-state index is -0.754. The summed E-state index contributed by atoms with van der Waals surface area (Å²) >= 11 is 1.18. The first kappa shape index (κ1) is 28.7. The van der Waals surface area contributed by atoms with Gasteiger partial charge < -0.3 is 13.9 Å². The Balaban J connectivity index is 1.59. The minimum Gasteiger partial charge on any atom is -0.491 e. The summed E-state index contributed by atoms with van der Waals surface area (Å²) in [6.07, 6.45) is 1.60. The fourth-order valence-corrected chi connectivity index (χ4v) is 5.81. The normalized spacial score (nSPS) is 15.0. The van der Waals surface area contributed by atoms with E-state index in [0.717, 1.165) is 0 Å². The maximum Gasteiger partial charge on any atom is 0.338 e. The van der Waals surface area contributed by atoms with Gasteiger partial charge in [0, 0.05) is 23.3 Å². The number of carbonyl (C=O) groups excluding carboxylic acids is 1. The van der Waals surface area contributed by atoms with Gasteiger partial charge in [-0.15, -0.1) is 0 Å². The third kappa shape index (κ3) is 5.55. The smallest absolute Gasteiger partial charge is 0.338 e. The molecule has 0 amide bonds. The molecule has 1 aliphatic rings. The van der Waals surface area contributed by atoms with Crippen LogP contribution < -0.4 is 19.6 Å². The van der Waals surface area contributed by atoms with Gasteiger partial charge in [0.05, 0.1) is 39.5 Å². The molecule has 216 valence electrons. The lowest BCUT2D eigenvalue weighted by atomic mass is 9.96. The molecule has 11 heteroatoms. The van der Waals surface area contributed by atoms with Crippen LogP contribution in [0.4, 0.5) is 5.69 Å². The number of aryl methyl sites for hydroxylation is 1. The quantitative estimate of drug-likeness (QED) is 0.160. The number of allylic oxidation sites excluding steroid dienone is 1. The highest BCUT2D eigenvalue weighted by Crippen LogP contribution is 2.32. The first-order valence-electron chi connectivity index (χ1n) is 13.4. The topological polar surface area (TPSA) is 126 Å². The van der Waals surface area contributed by atoms with E-state index < -0.39 is 16.9 Å². The molecule has 3 heterocycles. The van der Waals surface area contributed by atoms with Crippen LogP contribution >= 0.6 is 11.3 Å². The van der Waals surface area contributed by atoms with Crippen LogP contribution in [0.5, 0.6) is 5.75 Å². The average molecular weight is 588 g/mol. The molecule has 5 rings (SSSR count). The molecule has 0 bridgehead atoms. The van der Waals surface area contributed by atoms with E-state index in [1.807, 2.05) is 38.1 Å². The van der Waals surface area contributed by atoms with Crippen molar-refractivity contribution in [2.45, 2.75) is 46.8 Å². The van der Waals surface area contributed by atoms with Crippen LogP contribution in [0.1, 0.15) is 50.6 Å². The van der Waals surface area contributed by atoms with Crippen molar-refractivity contribution in [2.24, 2.45) is 4.99 Å². The van der Waals surface area contributed by atoms with E-state index in [1.165, 1.54) is 22.0 Å². The number of carbonyl (C=O) groups is 1. The van der Waals surface area contributed by atoms with E-state index in [1.54, 1.807) is 51.1 Å². The maximum atomic E-state index is 13.8. The second-order valence-electron chi connectivity index (χ2n) is 10.00. The van der Waals surface area contributed by atoms with Gasteiger partial charge in [-0.25, -0.2) is 9.79 Å². The lowest BCUT2D eigenvalue weighted by Gasteiger charge is -2.25. The summed E-state index contributed by atoms with van der Waals surface area (Å²) in [4.78, 5) is 42.9. The Morgan fingerprint density at radius 2 is 1.90 bits per heavy atom. The van der Waals surface area contributed by atoms with Gasteiger partial charge in [0.1, 0.15) is 17.3 Å². The first-order chi connectivity index (χ1) is 20.1. The third-order valence-electron chi connectivity index (χ3n) is 6.68. The van der Waals surface area contributed by atoms with Crippen LogP contribution in [-0.4, -0.2) is 28.2 Å². The third-order valence-corrected chi connectivity index (χ3v) is 7.66. The molecule has 2 aromatic carbocycles. The van der Waals surface area contributed by atoms with Gasteiger partial charge in [-0.2, -0.15) is 0 Å². The molecule has 2 aromatic heterocycles. The van der Waals surface area contributed by atoms with E-state index >= 15 is 0 Å². The number of nitro groups is 1. The highest BCUT2D eigenvalue weighted by Gasteiger charge is 2.33. The van der Waals surface area contributed by atoms with Crippen LogP contribution in [0, 0.1) is 17.0 Å². The number of fused-ring (bicyclic) bond motifs is 1. The largest absolute Gasteiger partial charge is 0.491 e. The maximum absolute atomic E-state index is 13.8. The number of aromatic nitrogens is 1. The predicted octanol–water partition coefficient (Wildman–Crippen LogP) is 5.06. The fraction of sp³-hybridized carbons (Fsp3) is 0.258. The number of ether oxygens (including phenoxy) is 2. The standard InChI is InChI=1S/C31H29N3O7S/c1-6-39-30(36)27-19(5)32-31-33(28(27)20-9-11-22(12-10-20)40-17(2)3)29(35)26(42-31)16-23-13-14-25(41-23)21-8-7-18(4)24(15-21)34(37)38/h7-17,28H,6H2,1-5H3/b26-16-/t28-/m0/s1. The van der Waals surface area contributed by atoms with Crippen molar-refractivity contribution < 1.29 is 23.6 Å². The minimum absolute atomic E-state index is 0.00432. The van der Waals surface area contributed by atoms with Crippen LogP contribution in [-0.2, 0) is 9.53 Å². The lowest BCUT2D eigenvalue weighted by molar-refractivity contribution is -0.385. The molecule has 0 fully saturated rings. The first-order valence-corrected chi connectivity index (χ1v) is 14.2. The number of benzene rings is 2. The Hall–Kier alpha value is -4.77. The predicted molar refractivity (Wildman–Crippen MR) is 158 cm³/mol. The SMILES string of the molecule is CCOC(=O)C1=C(C)N=c2s/c(=C\c3ccc(-c4ccc(C)c([N+](=O)[O-])c4)o3)c(=O)n2[C@H]1c1ccc(OC(C)C)cc1. The van der Waals surface area contributed by atoms with Gasteiger partial charge in [0.15, 0.2) is 4.80 Å². The zero-order valence-electron chi connectivity index (χ0n) is 23.7. The molecular formula is C31H29N3O7S. The van der Waals surface area contributed by atoms with Gasteiger partial charge in [-0.05, 0) is 64.4 Å². The second-order valence-corrected chi connectivity index (χ2v) is 11.0. The van der Waals surface area contributed by atoms with Crippen molar-refractivity contribution in [1.29, 1.82) is 0 Å². The summed E-state index contributed by atoms with van der Waals surface area (Å²) < 4.78 is 18.9. The molecule has 0 saturated carbocycles. The Kier molecular flexibility index (Phi) is 7.95. The second kappa shape index (κ2) is 11.6. The lowest BCUT2D eigenvalue weighted by Crippen LogP contribution is -2.39. The van der Waals surface area contributed by atoms with Crippen molar-refractivity contribution in [1.82, 2.24) is 4.57 Å². The summed E-state index contributed by atoms with van der Waals surface area (Å²) in [5, 5.41) is 11.4. The number of hydrogen-bond acceptors (Lipinski definition) is 9. The van der Waals surface area contributed by atoms with Gasteiger partial charge in [0.2, 0.25) is 0 Å². The highest BCUT2D eigenvalue weighted by molar-refractivity contribution is 7.07. The summed E-state index contributed by atoms with van der Waals surface area (Å²) in [6.45, 7) is 9.17. The van der Waals surface area contributed by atoms with E-state index in [9.17, 15) is 19.7 Å². The number of rotatable bonds is 8. The molecule has 0 saturated heterocycles. The summed E-state index contributed by atoms with van der Waals surface area (Å²) in [5.74, 6) is 0.959. The van der Waals surface area contributed by atoms with Crippen molar-refractivity contribution in [3.05, 3.63) is 113 Å². The van der Waals surface area contributed by atoms with Crippen molar-refractivity contribution in [3.63, 3.8) is 0 Å². The molecule has 10 nitrogen and oxygen atoms in total. The highest BCUT2D eigenvalue weighted by atomic mass is 32.1. The Bertz CT molecular complexity index is 1900. The van der Waals surface area contributed by atoms with E-state index in [-0.39, 0.29) is 29.5 Å². The van der Waals surface area contributed by atoms with Gasteiger partial charge in [-0.1, -0.05) is 35.6 Å². The molecule has 1 aliphatic heterocycles. The molecule has 0 N–H and O–H groups in total. The Morgan fingerprint density at radius 3 is 2.57 bits per heavy atom. The molecule has 1 atom stereocenters. The van der Waals surface area contributed by atoms with Crippen molar-refractivity contribution in [2.75, 3.05) is 6.61 Å². The van der Waals surface area contributed by atoms with Crippen LogP contribution in [0.2, 0.25) is 0 Å². The number of thiazole rings is 1. The van der Waals surface area contributed by atoms with Crippen LogP contribution in [0.25, 0.3) is 17.4 Å². The number of nitrogens with zero attached hydrogens (tertiary/aromatic N) is 3. The number of nitro benzene ring substituents is 1. The summed E-state index contributed by atoms with van der Waals surface area (Å²) in [5.41, 5.74) is 2.21. The van der Waals surface area contributed by atoms with Crippen LogP contribution in [0.15, 0.2) is 80.1 Å². The van der Waals surface area contributed by atoms with E-state index in [4.69, 9.17) is 13.9 Å². The monoisotopic (exact) mass is 587 g/mol. The molecule has 0 unspecified atom stereocenters. The summed E-state index contributed by atoms with van der Waals surface area (Å²) in [6, 6.07) is 14.8. The van der Waals surface area contributed by atoms with E-state index in [2.05, 4.69) is 4.99 Å². The zero-order chi connectivity index (χ0) is 30.1. The van der Waals surface area contributed by atoms with Gasteiger partial charge in [0.25, 0.3) is 11.2 Å². The Labute approximate surface area is 245 Å². The summed E-state index contributed by atoms with van der Waals surface area (Å²) in [7, 11) is 0. The molecule has 0 aliphatic carbocycles. The van der Waals surface area contributed by atoms with Crippen LogP contribution in [0.3, 0.4) is 0 Å². The van der Waals surface area contributed by atoms with Gasteiger partial charge in [-0.3, -0.25) is 19.5 Å². The molecule has 0 radical (unpaired) electrons. The molecule has 42 heavy (non-hydrogen) atoms. The number of furan rings is 1. The average Bonchev–Trinajstić information content (AvgIpc) is 3.52. The number of esters is 1. The van der Waals surface area contributed by atoms with Crippen molar-refractivity contribution >= 4 is 29.1 Å².